The van der Waals surface area contributed by atoms with Gasteiger partial charge < -0.3 is 5.73 Å². The molecule has 1 aliphatic carbocycles. The maximum Gasteiger partial charge on any atom is 0.0130 e. The van der Waals surface area contributed by atoms with E-state index in [0.29, 0.717) is 11.5 Å². The maximum absolute atomic E-state index is 5.92. The number of rotatable bonds is 2. The van der Waals surface area contributed by atoms with Gasteiger partial charge in [0.25, 0.3) is 0 Å². The van der Waals surface area contributed by atoms with E-state index in [-0.39, 0.29) is 0 Å². The third-order valence-electron chi connectivity index (χ3n) is 3.25. The van der Waals surface area contributed by atoms with Crippen molar-refractivity contribution in [3.63, 3.8) is 0 Å². The van der Waals surface area contributed by atoms with E-state index in [1.807, 2.05) is 0 Å². The predicted molar refractivity (Wildman–Crippen MR) is 44.7 cm³/mol. The third kappa shape index (κ3) is 0.968. The van der Waals surface area contributed by atoms with E-state index in [1.165, 1.54) is 6.42 Å². The molecule has 1 saturated carbocycles. The van der Waals surface area contributed by atoms with Crippen LogP contribution in [-0.4, -0.2) is 6.04 Å². The van der Waals surface area contributed by atoms with Crippen molar-refractivity contribution in [3.8, 4) is 0 Å². The minimum Gasteiger partial charge on any atom is -0.327 e. The lowest BCUT2D eigenvalue weighted by Crippen LogP contribution is -2.08. The average Bonchev–Trinajstić information content (AvgIpc) is 2.33. The summed E-state index contributed by atoms with van der Waals surface area (Å²) in [6, 6.07) is 0.461. The van der Waals surface area contributed by atoms with E-state index >= 15 is 0 Å². The van der Waals surface area contributed by atoms with Crippen molar-refractivity contribution in [2.75, 3.05) is 0 Å². The molecule has 0 aromatic rings. The van der Waals surface area contributed by atoms with Crippen LogP contribution in [0.4, 0.5) is 0 Å². The zero-order chi connectivity index (χ0) is 7.94. The fraction of sp³-hybridized carbons (Fsp3) is 1.00. The van der Waals surface area contributed by atoms with Crippen molar-refractivity contribution in [2.24, 2.45) is 23.0 Å². The van der Waals surface area contributed by atoms with Crippen molar-refractivity contribution < 1.29 is 0 Å². The van der Waals surface area contributed by atoms with Gasteiger partial charge in [0.15, 0.2) is 0 Å². The number of hydrogen-bond donors (Lipinski definition) is 1. The van der Waals surface area contributed by atoms with Crippen LogP contribution in [0.15, 0.2) is 0 Å². The maximum atomic E-state index is 5.92. The lowest BCUT2D eigenvalue weighted by molar-refractivity contribution is 0.412. The summed E-state index contributed by atoms with van der Waals surface area (Å²) < 4.78 is 0. The molecule has 0 amide bonds. The van der Waals surface area contributed by atoms with Crippen molar-refractivity contribution in [1.29, 1.82) is 0 Å². The quantitative estimate of drug-likeness (QED) is 0.625. The molecule has 0 aromatic heterocycles. The third-order valence-corrected chi connectivity index (χ3v) is 3.25. The summed E-state index contributed by atoms with van der Waals surface area (Å²) >= 11 is 0. The van der Waals surface area contributed by atoms with Gasteiger partial charge in [0, 0.05) is 6.04 Å². The van der Waals surface area contributed by atoms with E-state index in [2.05, 4.69) is 27.7 Å². The van der Waals surface area contributed by atoms with Crippen LogP contribution in [0.5, 0.6) is 0 Å². The van der Waals surface area contributed by atoms with Crippen LogP contribution in [0.25, 0.3) is 0 Å². The molecule has 2 N–H and O–H groups in total. The van der Waals surface area contributed by atoms with Crippen molar-refractivity contribution in [2.45, 2.75) is 40.2 Å². The molecule has 3 atom stereocenters. The first-order chi connectivity index (χ1) is 4.51. The van der Waals surface area contributed by atoms with Crippen molar-refractivity contribution in [3.05, 3.63) is 0 Å². The highest BCUT2D eigenvalue weighted by Gasteiger charge is 2.56. The first kappa shape index (κ1) is 8.06. The topological polar surface area (TPSA) is 26.0 Å². The summed E-state index contributed by atoms with van der Waals surface area (Å²) in [7, 11) is 0. The van der Waals surface area contributed by atoms with Crippen molar-refractivity contribution >= 4 is 0 Å². The van der Waals surface area contributed by atoms with Crippen LogP contribution in [0.1, 0.15) is 34.1 Å². The molecule has 1 rings (SSSR count). The Kier molecular flexibility index (Phi) is 1.80. The molecule has 60 valence electrons. The van der Waals surface area contributed by atoms with Gasteiger partial charge in [-0.15, -0.1) is 0 Å². The van der Waals surface area contributed by atoms with E-state index < -0.39 is 0 Å². The smallest absolute Gasteiger partial charge is 0.0130 e. The van der Waals surface area contributed by atoms with Crippen molar-refractivity contribution in [1.82, 2.24) is 0 Å². The van der Waals surface area contributed by atoms with Gasteiger partial charge in [-0.25, -0.2) is 0 Å². The average molecular weight is 141 g/mol. The van der Waals surface area contributed by atoms with Gasteiger partial charge in [0.1, 0.15) is 0 Å². The van der Waals surface area contributed by atoms with Gasteiger partial charge in [0.2, 0.25) is 0 Å². The standard InChI is InChI=1S/C9H19N/c1-5-6(2)7-8(10)9(7,3)4/h6-8H,5,10H2,1-4H3/t6?,7-,8-/m1/s1. The van der Waals surface area contributed by atoms with E-state index in [0.717, 1.165) is 11.8 Å². The highest BCUT2D eigenvalue weighted by atomic mass is 14.8. The van der Waals surface area contributed by atoms with Gasteiger partial charge in [-0.3, -0.25) is 0 Å². The van der Waals surface area contributed by atoms with E-state index in [4.69, 9.17) is 5.73 Å². The highest BCUT2D eigenvalue weighted by Crippen LogP contribution is 2.55. The first-order valence-corrected chi connectivity index (χ1v) is 4.27. The molecule has 0 saturated heterocycles. The Hall–Kier alpha value is -0.0400. The molecule has 0 radical (unpaired) electrons. The molecule has 0 heterocycles. The Balaban J connectivity index is 2.48. The van der Waals surface area contributed by atoms with Crippen LogP contribution in [0.2, 0.25) is 0 Å². The minimum atomic E-state index is 0.426. The summed E-state index contributed by atoms with van der Waals surface area (Å²) in [5.74, 6) is 1.59. The zero-order valence-electron chi connectivity index (χ0n) is 7.52. The van der Waals surface area contributed by atoms with Crippen LogP contribution >= 0.6 is 0 Å². The highest BCUT2D eigenvalue weighted by molar-refractivity contribution is 5.10. The summed E-state index contributed by atoms with van der Waals surface area (Å²) in [4.78, 5) is 0. The Morgan fingerprint density at radius 2 is 1.90 bits per heavy atom. The lowest BCUT2D eigenvalue weighted by Gasteiger charge is -2.08. The molecule has 1 fully saturated rings. The molecular weight excluding hydrogens is 122 g/mol. The second-order valence-corrected chi connectivity index (χ2v) is 4.26. The first-order valence-electron chi connectivity index (χ1n) is 4.27. The summed E-state index contributed by atoms with van der Waals surface area (Å²) in [6.45, 7) is 9.09. The monoisotopic (exact) mass is 141 g/mol. The second-order valence-electron chi connectivity index (χ2n) is 4.26. The van der Waals surface area contributed by atoms with Gasteiger partial charge in [-0.05, 0) is 17.3 Å². The minimum absolute atomic E-state index is 0.426. The van der Waals surface area contributed by atoms with E-state index in [1.54, 1.807) is 0 Å². The van der Waals surface area contributed by atoms with Gasteiger partial charge in [-0.1, -0.05) is 34.1 Å². The van der Waals surface area contributed by atoms with Gasteiger partial charge in [0.05, 0.1) is 0 Å². The normalized spacial score (nSPS) is 39.3. The summed E-state index contributed by atoms with van der Waals surface area (Å²) in [6.07, 6.45) is 1.27. The molecule has 1 nitrogen and oxygen atoms in total. The molecule has 0 aliphatic heterocycles. The Labute approximate surface area is 64.0 Å². The predicted octanol–water partition coefficient (Wildman–Crippen LogP) is 2.02. The molecule has 0 bridgehead atoms. The molecule has 0 spiro atoms. The largest absolute Gasteiger partial charge is 0.327 e. The molecule has 1 aliphatic rings. The summed E-state index contributed by atoms with van der Waals surface area (Å²) in [5.41, 5.74) is 6.35. The van der Waals surface area contributed by atoms with Crippen LogP contribution in [0.3, 0.4) is 0 Å². The second kappa shape index (κ2) is 2.23. The Bertz CT molecular complexity index is 129. The SMILES string of the molecule is CCC(C)[C@@H]1[C@@H](N)C1(C)C. The fourth-order valence-corrected chi connectivity index (χ4v) is 2.06. The number of nitrogens with two attached hydrogens (primary N) is 1. The van der Waals surface area contributed by atoms with Crippen LogP contribution < -0.4 is 5.73 Å². The Morgan fingerprint density at radius 1 is 1.50 bits per heavy atom. The molecule has 1 heteroatoms. The zero-order valence-corrected chi connectivity index (χ0v) is 7.52. The van der Waals surface area contributed by atoms with Crippen LogP contribution in [0, 0.1) is 17.3 Å². The Morgan fingerprint density at radius 3 is 2.00 bits per heavy atom. The van der Waals surface area contributed by atoms with Gasteiger partial charge in [-0.2, -0.15) is 0 Å². The molecule has 0 aromatic carbocycles. The summed E-state index contributed by atoms with van der Waals surface area (Å²) in [5, 5.41) is 0. The molecule has 1 unspecified atom stereocenters. The fourth-order valence-electron chi connectivity index (χ4n) is 2.06. The number of hydrogen-bond acceptors (Lipinski definition) is 1. The lowest BCUT2D eigenvalue weighted by atomic mass is 9.97. The van der Waals surface area contributed by atoms with Gasteiger partial charge >= 0.3 is 0 Å². The molecule has 10 heavy (non-hydrogen) atoms. The van der Waals surface area contributed by atoms with Crippen LogP contribution in [-0.2, 0) is 0 Å². The van der Waals surface area contributed by atoms with E-state index in [9.17, 15) is 0 Å². The molecular formula is C9H19N.